The van der Waals surface area contributed by atoms with Gasteiger partial charge < -0.3 is 19.5 Å². The van der Waals surface area contributed by atoms with Crippen LogP contribution in [0.3, 0.4) is 0 Å². The summed E-state index contributed by atoms with van der Waals surface area (Å²) in [6.07, 6.45) is 1.19. The van der Waals surface area contributed by atoms with E-state index in [1.807, 2.05) is 20.0 Å². The predicted molar refractivity (Wildman–Crippen MR) is 79.3 cm³/mol. The van der Waals surface area contributed by atoms with E-state index in [4.69, 9.17) is 14.2 Å². The number of benzene rings is 1. The molecule has 3 unspecified atom stereocenters. The molecule has 0 radical (unpaired) electrons. The fraction of sp³-hybridized carbons (Fsp3) is 0.625. The van der Waals surface area contributed by atoms with Crippen molar-refractivity contribution in [3.8, 4) is 5.75 Å². The highest BCUT2D eigenvalue weighted by Crippen LogP contribution is 2.36. The molecule has 0 saturated heterocycles. The van der Waals surface area contributed by atoms with Gasteiger partial charge in [0.15, 0.2) is 0 Å². The second-order valence-corrected chi connectivity index (χ2v) is 5.18. The first-order valence-corrected chi connectivity index (χ1v) is 7.26. The molecule has 1 aromatic rings. The second-order valence-electron chi connectivity index (χ2n) is 5.18. The summed E-state index contributed by atoms with van der Waals surface area (Å²) < 4.78 is 16.9. The Labute approximate surface area is 121 Å². The molecule has 1 aliphatic carbocycles. The normalized spacial score (nSPS) is 22.6. The van der Waals surface area contributed by atoms with Crippen LogP contribution in [0.2, 0.25) is 0 Å². The van der Waals surface area contributed by atoms with Gasteiger partial charge in [-0.05, 0) is 44.2 Å². The summed E-state index contributed by atoms with van der Waals surface area (Å²) in [5.41, 5.74) is 2.61. The van der Waals surface area contributed by atoms with Gasteiger partial charge in [-0.25, -0.2) is 0 Å². The molecule has 112 valence electrons. The fourth-order valence-corrected chi connectivity index (χ4v) is 2.80. The van der Waals surface area contributed by atoms with Crippen LogP contribution < -0.4 is 10.1 Å². The molecule has 0 bridgehead atoms. The van der Waals surface area contributed by atoms with Crippen LogP contribution in [0.1, 0.15) is 31.0 Å². The molecule has 1 N–H and O–H groups in total. The molecule has 1 aromatic carbocycles. The lowest BCUT2D eigenvalue weighted by atomic mass is 10.1. The maximum absolute atomic E-state index is 6.14. The molecule has 0 spiro atoms. The highest BCUT2D eigenvalue weighted by Gasteiger charge is 2.33. The van der Waals surface area contributed by atoms with Crippen LogP contribution in [0.5, 0.6) is 5.75 Å². The molecular weight excluding hydrogens is 254 g/mol. The Morgan fingerprint density at radius 2 is 2.20 bits per heavy atom. The van der Waals surface area contributed by atoms with Gasteiger partial charge in [-0.1, -0.05) is 6.07 Å². The standard InChI is InChI=1S/C16H25NO3/c1-5-19-10-11(2)20-15-8-12-6-7-13(18-4)9-14(12)16(15)17-3/h6-7,9,11,15-17H,5,8,10H2,1-4H3. The maximum Gasteiger partial charge on any atom is 0.119 e. The van der Waals surface area contributed by atoms with Crippen LogP contribution in [-0.2, 0) is 15.9 Å². The number of hydrogen-bond acceptors (Lipinski definition) is 4. The van der Waals surface area contributed by atoms with Crippen LogP contribution in [0, 0.1) is 0 Å². The lowest BCUT2D eigenvalue weighted by Gasteiger charge is -2.24. The smallest absolute Gasteiger partial charge is 0.119 e. The molecule has 0 fully saturated rings. The summed E-state index contributed by atoms with van der Waals surface area (Å²) in [4.78, 5) is 0. The molecule has 2 rings (SSSR count). The van der Waals surface area contributed by atoms with Gasteiger partial charge in [0.1, 0.15) is 5.75 Å². The molecule has 20 heavy (non-hydrogen) atoms. The molecule has 4 nitrogen and oxygen atoms in total. The number of fused-ring (bicyclic) bond motifs is 1. The van der Waals surface area contributed by atoms with E-state index in [2.05, 4.69) is 24.4 Å². The van der Waals surface area contributed by atoms with Crippen molar-refractivity contribution in [2.75, 3.05) is 27.4 Å². The molecule has 0 heterocycles. The number of nitrogens with one attached hydrogen (secondary N) is 1. The number of likely N-dealkylation sites (N-methyl/N-ethyl adjacent to an activating group) is 1. The van der Waals surface area contributed by atoms with Crippen molar-refractivity contribution in [3.63, 3.8) is 0 Å². The third kappa shape index (κ3) is 3.32. The van der Waals surface area contributed by atoms with E-state index >= 15 is 0 Å². The molecule has 0 amide bonds. The first kappa shape index (κ1) is 15.3. The zero-order chi connectivity index (χ0) is 14.5. The van der Waals surface area contributed by atoms with Crippen LogP contribution in [0.15, 0.2) is 18.2 Å². The largest absolute Gasteiger partial charge is 0.497 e. The minimum atomic E-state index is 0.104. The van der Waals surface area contributed by atoms with Crippen molar-refractivity contribution < 1.29 is 14.2 Å². The molecule has 1 aliphatic rings. The maximum atomic E-state index is 6.14. The third-order valence-electron chi connectivity index (χ3n) is 3.76. The van der Waals surface area contributed by atoms with Gasteiger partial charge in [-0.2, -0.15) is 0 Å². The number of hydrogen-bond donors (Lipinski definition) is 1. The third-order valence-corrected chi connectivity index (χ3v) is 3.76. The molecule has 0 aliphatic heterocycles. The Kier molecular flexibility index (Phi) is 5.40. The zero-order valence-electron chi connectivity index (χ0n) is 12.8. The van der Waals surface area contributed by atoms with Crippen LogP contribution in [0.4, 0.5) is 0 Å². The van der Waals surface area contributed by atoms with E-state index in [1.54, 1.807) is 7.11 Å². The van der Waals surface area contributed by atoms with Gasteiger partial charge >= 0.3 is 0 Å². The van der Waals surface area contributed by atoms with Gasteiger partial charge in [-0.3, -0.25) is 0 Å². The van der Waals surface area contributed by atoms with Crippen molar-refractivity contribution in [1.82, 2.24) is 5.32 Å². The first-order valence-electron chi connectivity index (χ1n) is 7.26. The zero-order valence-corrected chi connectivity index (χ0v) is 12.8. The van der Waals surface area contributed by atoms with Crippen molar-refractivity contribution in [2.24, 2.45) is 0 Å². The monoisotopic (exact) mass is 279 g/mol. The van der Waals surface area contributed by atoms with Gasteiger partial charge in [0.05, 0.1) is 32.0 Å². The van der Waals surface area contributed by atoms with Crippen molar-refractivity contribution >= 4 is 0 Å². The first-order chi connectivity index (χ1) is 9.69. The summed E-state index contributed by atoms with van der Waals surface area (Å²) >= 11 is 0. The Morgan fingerprint density at radius 1 is 1.40 bits per heavy atom. The van der Waals surface area contributed by atoms with E-state index in [0.29, 0.717) is 6.61 Å². The lowest BCUT2D eigenvalue weighted by Crippen LogP contribution is -2.32. The van der Waals surface area contributed by atoms with Crippen molar-refractivity contribution in [3.05, 3.63) is 29.3 Å². The Bertz CT molecular complexity index is 436. The van der Waals surface area contributed by atoms with E-state index in [9.17, 15) is 0 Å². The summed E-state index contributed by atoms with van der Waals surface area (Å²) in [5, 5.41) is 3.36. The number of methoxy groups -OCH3 is 1. The molecular formula is C16H25NO3. The lowest BCUT2D eigenvalue weighted by molar-refractivity contribution is -0.0543. The fourth-order valence-electron chi connectivity index (χ4n) is 2.80. The van der Waals surface area contributed by atoms with Crippen molar-refractivity contribution in [1.29, 1.82) is 0 Å². The number of rotatable bonds is 7. The van der Waals surface area contributed by atoms with Crippen LogP contribution in [-0.4, -0.2) is 39.6 Å². The molecule has 0 saturated carbocycles. The van der Waals surface area contributed by atoms with Crippen molar-refractivity contribution in [2.45, 2.75) is 38.5 Å². The minimum Gasteiger partial charge on any atom is -0.497 e. The average molecular weight is 279 g/mol. The summed E-state index contributed by atoms with van der Waals surface area (Å²) in [7, 11) is 3.67. The molecule has 4 heteroatoms. The van der Waals surface area contributed by atoms with Gasteiger partial charge in [0.2, 0.25) is 0 Å². The Morgan fingerprint density at radius 3 is 2.85 bits per heavy atom. The summed E-state index contributed by atoms with van der Waals surface area (Å²) in [6.45, 7) is 5.43. The Balaban J connectivity index is 2.06. The highest BCUT2D eigenvalue weighted by molar-refractivity contribution is 5.42. The SMILES string of the molecule is CCOCC(C)OC1Cc2ccc(OC)cc2C1NC. The van der Waals surface area contributed by atoms with Gasteiger partial charge in [0, 0.05) is 13.0 Å². The number of ether oxygens (including phenoxy) is 3. The summed E-state index contributed by atoms with van der Waals surface area (Å²) in [6, 6.07) is 6.46. The van der Waals surface area contributed by atoms with Crippen LogP contribution >= 0.6 is 0 Å². The van der Waals surface area contributed by atoms with Gasteiger partial charge in [0.25, 0.3) is 0 Å². The van der Waals surface area contributed by atoms with Crippen LogP contribution in [0.25, 0.3) is 0 Å². The van der Waals surface area contributed by atoms with E-state index < -0.39 is 0 Å². The second kappa shape index (κ2) is 7.07. The topological polar surface area (TPSA) is 39.7 Å². The van der Waals surface area contributed by atoms with E-state index in [-0.39, 0.29) is 18.2 Å². The quantitative estimate of drug-likeness (QED) is 0.831. The Hall–Kier alpha value is -1.10. The van der Waals surface area contributed by atoms with Gasteiger partial charge in [-0.15, -0.1) is 0 Å². The predicted octanol–water partition coefficient (Wildman–Crippen LogP) is 2.32. The average Bonchev–Trinajstić information content (AvgIpc) is 2.80. The summed E-state index contributed by atoms with van der Waals surface area (Å²) in [5.74, 6) is 0.895. The highest BCUT2D eigenvalue weighted by atomic mass is 16.5. The van der Waals surface area contributed by atoms with E-state index in [1.165, 1.54) is 11.1 Å². The van der Waals surface area contributed by atoms with E-state index in [0.717, 1.165) is 18.8 Å². The minimum absolute atomic E-state index is 0.104. The molecule has 3 atom stereocenters. The molecule has 0 aromatic heterocycles.